The van der Waals surface area contributed by atoms with Crippen molar-refractivity contribution >= 4 is 11.9 Å². The summed E-state index contributed by atoms with van der Waals surface area (Å²) < 4.78 is 0. The number of nitrogens with one attached hydrogen (secondary N) is 1. The summed E-state index contributed by atoms with van der Waals surface area (Å²) in [5.41, 5.74) is -0.245. The largest absolute Gasteiger partial charge is 0.481 e. The Bertz CT molecular complexity index is 608. The number of aromatic nitrogens is 1. The molecule has 2 atom stereocenters. The number of nitrogens with zero attached hydrogens (tertiary/aromatic N) is 1. The fraction of sp³-hybridized carbons (Fsp3) is 0.611. The number of carboxylic acid groups (broad SMARTS) is 1. The summed E-state index contributed by atoms with van der Waals surface area (Å²) >= 11 is 0. The molecule has 2 aliphatic carbocycles. The third-order valence-electron chi connectivity index (χ3n) is 5.78. The van der Waals surface area contributed by atoms with Gasteiger partial charge in [-0.3, -0.25) is 14.6 Å². The molecule has 0 aromatic carbocycles. The number of hydrogen-bond donors (Lipinski definition) is 2. The van der Waals surface area contributed by atoms with Crippen molar-refractivity contribution in [1.29, 1.82) is 0 Å². The number of amides is 1. The van der Waals surface area contributed by atoms with Crippen molar-refractivity contribution in [1.82, 2.24) is 10.3 Å². The predicted octanol–water partition coefficient (Wildman–Crippen LogP) is 2.71. The van der Waals surface area contributed by atoms with Crippen LogP contribution in [0.15, 0.2) is 24.5 Å². The summed E-state index contributed by atoms with van der Waals surface area (Å²) in [5.74, 6) is -1.44. The number of carbonyl (C=O) groups excluding carboxylic acids is 1. The Morgan fingerprint density at radius 2 is 2.04 bits per heavy atom. The van der Waals surface area contributed by atoms with Crippen molar-refractivity contribution in [3.8, 4) is 0 Å². The Labute approximate surface area is 136 Å². The smallest absolute Gasteiger partial charge is 0.310 e. The normalized spacial score (nSPS) is 28.6. The molecule has 5 heteroatoms. The van der Waals surface area contributed by atoms with E-state index >= 15 is 0 Å². The van der Waals surface area contributed by atoms with E-state index in [1.807, 2.05) is 32.2 Å². The molecule has 0 saturated heterocycles. The molecule has 23 heavy (non-hydrogen) atoms. The summed E-state index contributed by atoms with van der Waals surface area (Å²) in [7, 11) is 0. The molecule has 2 saturated carbocycles. The molecule has 2 N–H and O–H groups in total. The molecule has 124 valence electrons. The third kappa shape index (κ3) is 2.52. The van der Waals surface area contributed by atoms with Crippen molar-refractivity contribution in [2.75, 3.05) is 0 Å². The van der Waals surface area contributed by atoms with Crippen molar-refractivity contribution in [3.63, 3.8) is 0 Å². The van der Waals surface area contributed by atoms with Crippen LogP contribution >= 0.6 is 0 Å². The lowest BCUT2D eigenvalue weighted by atomic mass is 9.87. The third-order valence-corrected chi connectivity index (χ3v) is 5.78. The highest BCUT2D eigenvalue weighted by molar-refractivity contribution is 5.93. The second-order valence-corrected chi connectivity index (χ2v) is 7.28. The number of carbonyl (C=O) groups is 2. The zero-order chi connectivity index (χ0) is 16.7. The first-order valence-corrected chi connectivity index (χ1v) is 8.38. The number of pyridine rings is 1. The Hall–Kier alpha value is -1.91. The van der Waals surface area contributed by atoms with Gasteiger partial charge in [-0.25, -0.2) is 0 Å². The lowest BCUT2D eigenvalue weighted by molar-refractivity contribution is -0.147. The number of aliphatic carboxylic acids is 1. The van der Waals surface area contributed by atoms with Crippen molar-refractivity contribution in [2.45, 2.75) is 51.5 Å². The second-order valence-electron chi connectivity index (χ2n) is 7.28. The van der Waals surface area contributed by atoms with Gasteiger partial charge in [0.25, 0.3) is 0 Å². The molecule has 2 fully saturated rings. The Morgan fingerprint density at radius 1 is 1.35 bits per heavy atom. The molecule has 0 aliphatic heterocycles. The predicted molar refractivity (Wildman–Crippen MR) is 85.5 cm³/mol. The van der Waals surface area contributed by atoms with Gasteiger partial charge >= 0.3 is 5.97 Å². The van der Waals surface area contributed by atoms with E-state index < -0.39 is 17.3 Å². The molecular formula is C18H24N2O3. The summed E-state index contributed by atoms with van der Waals surface area (Å²) in [6.45, 7) is 3.77. The minimum absolute atomic E-state index is 0.0475. The molecule has 1 aromatic heterocycles. The molecule has 3 rings (SSSR count). The average molecular weight is 316 g/mol. The van der Waals surface area contributed by atoms with Crippen molar-refractivity contribution in [3.05, 3.63) is 30.1 Å². The SMILES string of the molecule is CC(C)[C@]1(C(=O)O)C[C@H]1C(=O)NC1(c2cccnc2)CCCC1. The fourth-order valence-corrected chi connectivity index (χ4v) is 4.16. The first-order chi connectivity index (χ1) is 10.9. The van der Waals surface area contributed by atoms with Gasteiger partial charge in [0.2, 0.25) is 5.91 Å². The van der Waals surface area contributed by atoms with Gasteiger partial charge in [-0.2, -0.15) is 0 Å². The van der Waals surface area contributed by atoms with Gasteiger partial charge in [0.1, 0.15) is 0 Å². The van der Waals surface area contributed by atoms with E-state index in [2.05, 4.69) is 10.3 Å². The molecule has 0 bridgehead atoms. The summed E-state index contributed by atoms with van der Waals surface area (Å²) in [6.07, 6.45) is 7.88. The molecule has 0 unspecified atom stereocenters. The van der Waals surface area contributed by atoms with Crippen LogP contribution in [0.5, 0.6) is 0 Å². The van der Waals surface area contributed by atoms with E-state index in [-0.39, 0.29) is 17.4 Å². The Kier molecular flexibility index (Phi) is 3.90. The van der Waals surface area contributed by atoms with Crippen molar-refractivity contribution < 1.29 is 14.7 Å². The van der Waals surface area contributed by atoms with Gasteiger partial charge in [-0.05, 0) is 36.8 Å². The van der Waals surface area contributed by atoms with Crippen LogP contribution in [0.25, 0.3) is 0 Å². The quantitative estimate of drug-likeness (QED) is 0.875. The lowest BCUT2D eigenvalue weighted by Crippen LogP contribution is -2.46. The first kappa shape index (κ1) is 16.0. The molecule has 1 amide bonds. The molecule has 0 spiro atoms. The number of hydrogen-bond acceptors (Lipinski definition) is 3. The maximum absolute atomic E-state index is 12.8. The maximum atomic E-state index is 12.8. The number of carboxylic acids is 1. The van der Waals surface area contributed by atoms with E-state index in [0.717, 1.165) is 31.2 Å². The average Bonchev–Trinajstić information content (AvgIpc) is 3.15. The highest BCUT2D eigenvalue weighted by Crippen LogP contribution is 2.58. The summed E-state index contributed by atoms with van der Waals surface area (Å²) in [4.78, 5) is 28.6. The lowest BCUT2D eigenvalue weighted by Gasteiger charge is -2.31. The fourth-order valence-electron chi connectivity index (χ4n) is 4.16. The van der Waals surface area contributed by atoms with Gasteiger partial charge in [-0.15, -0.1) is 0 Å². The van der Waals surface area contributed by atoms with Crippen molar-refractivity contribution in [2.24, 2.45) is 17.3 Å². The Balaban J connectivity index is 1.80. The van der Waals surface area contributed by atoms with Crippen LogP contribution < -0.4 is 5.32 Å². The maximum Gasteiger partial charge on any atom is 0.310 e. The zero-order valence-corrected chi connectivity index (χ0v) is 13.7. The Morgan fingerprint density at radius 3 is 2.52 bits per heavy atom. The zero-order valence-electron chi connectivity index (χ0n) is 13.7. The van der Waals surface area contributed by atoms with Crippen LogP contribution in [-0.4, -0.2) is 22.0 Å². The monoisotopic (exact) mass is 316 g/mol. The van der Waals surface area contributed by atoms with Gasteiger partial charge < -0.3 is 10.4 Å². The minimum Gasteiger partial charge on any atom is -0.481 e. The molecular weight excluding hydrogens is 292 g/mol. The minimum atomic E-state index is -0.890. The van der Waals surface area contributed by atoms with Gasteiger partial charge in [0.05, 0.1) is 16.9 Å². The van der Waals surface area contributed by atoms with Gasteiger partial charge in [-0.1, -0.05) is 32.8 Å². The van der Waals surface area contributed by atoms with Crippen LogP contribution in [0.1, 0.15) is 51.5 Å². The van der Waals surface area contributed by atoms with E-state index in [1.54, 1.807) is 6.20 Å². The number of rotatable bonds is 5. The van der Waals surface area contributed by atoms with Crippen LogP contribution in [0.2, 0.25) is 0 Å². The molecule has 5 nitrogen and oxygen atoms in total. The van der Waals surface area contributed by atoms with Crippen LogP contribution in [0.3, 0.4) is 0 Å². The molecule has 0 radical (unpaired) electrons. The first-order valence-electron chi connectivity index (χ1n) is 8.38. The standard InChI is InChI=1S/C18H24N2O3/c1-12(2)18(16(22)23)10-14(18)15(21)20-17(7-3-4-8-17)13-6-5-9-19-11-13/h5-6,9,11-12,14H,3-4,7-8,10H2,1-2H3,(H,20,21)(H,22,23)/t14-,18+/m0/s1. The molecule has 2 aliphatic rings. The highest BCUT2D eigenvalue weighted by atomic mass is 16.4. The summed E-state index contributed by atoms with van der Waals surface area (Å²) in [5, 5.41) is 12.7. The van der Waals surface area contributed by atoms with E-state index in [4.69, 9.17) is 0 Å². The van der Waals surface area contributed by atoms with Gasteiger partial charge in [0.15, 0.2) is 0 Å². The van der Waals surface area contributed by atoms with Crippen LogP contribution in [-0.2, 0) is 15.1 Å². The highest BCUT2D eigenvalue weighted by Gasteiger charge is 2.66. The molecule has 1 aromatic rings. The van der Waals surface area contributed by atoms with Crippen LogP contribution in [0.4, 0.5) is 0 Å². The summed E-state index contributed by atoms with van der Waals surface area (Å²) in [6, 6.07) is 3.88. The van der Waals surface area contributed by atoms with E-state index in [0.29, 0.717) is 6.42 Å². The van der Waals surface area contributed by atoms with E-state index in [9.17, 15) is 14.7 Å². The van der Waals surface area contributed by atoms with Gasteiger partial charge in [0, 0.05) is 12.4 Å². The van der Waals surface area contributed by atoms with Crippen LogP contribution in [0, 0.1) is 17.3 Å². The second kappa shape index (κ2) is 5.62. The topological polar surface area (TPSA) is 79.3 Å². The molecule has 1 heterocycles. The van der Waals surface area contributed by atoms with E-state index in [1.165, 1.54) is 0 Å².